The lowest BCUT2D eigenvalue weighted by molar-refractivity contribution is -0.218. The van der Waals surface area contributed by atoms with Gasteiger partial charge >= 0.3 is 60.1 Å². The molecule has 16 aliphatic carbocycles. The first-order valence-corrected chi connectivity index (χ1v) is 49.1. The lowest BCUT2D eigenvalue weighted by atomic mass is 9.49. The smallest absolute Gasteiger partial charge is 0.416 e. The molecule has 16 saturated carbocycles. The monoisotopic (exact) mass is 1940 g/mol. The minimum Gasteiger partial charge on any atom is -0.461 e. The maximum atomic E-state index is 13.1. The second-order valence-electron chi connectivity index (χ2n) is 45.2. The van der Waals surface area contributed by atoms with E-state index in [1.807, 2.05) is 41.5 Å². The first kappa shape index (κ1) is 109. The van der Waals surface area contributed by atoms with E-state index in [1.165, 1.54) is 104 Å². The number of esters is 8. The molecule has 6 unspecified atom stereocenters. The van der Waals surface area contributed by atoms with E-state index in [-0.39, 0.29) is 91.0 Å². The Kier molecular flexibility index (Phi) is 32.0. The van der Waals surface area contributed by atoms with Crippen LogP contribution in [0.3, 0.4) is 0 Å². The molecule has 137 heavy (non-hydrogen) atoms. The van der Waals surface area contributed by atoms with Gasteiger partial charge in [-0.2, -0.15) is 26.3 Å². The normalized spacial score (nSPS) is 38.5. The van der Waals surface area contributed by atoms with Gasteiger partial charge in [0.2, 0.25) is 12.2 Å². The Labute approximate surface area is 804 Å². The van der Waals surface area contributed by atoms with Gasteiger partial charge in [0.15, 0.2) is 49.6 Å². The van der Waals surface area contributed by atoms with E-state index in [2.05, 4.69) is 40.5 Å². The van der Waals surface area contributed by atoms with Crippen LogP contribution in [0.2, 0.25) is 0 Å². The SMILES string of the molecule is C.C.C.C=C(C)C(=O)OC1(CC)C2CC3CC(C2)CC1C3.C=C(C)C(=O)OC12CC3CC(CC(O)(C3)C1)C2.C=C(C)C(=O)O[C@@H]1C(=O)O[C@@H]2[C@H]3OC(c4cc(C)cc(C(F)(F)F)c4)O[C@H]3O[C@@H]21.CCC(C)(C)C(=O)OC1(CC)C2CC3CC(C2)CC1C3.CCC(C)(C)C(=O)OC1C2CC3CC1CC(O)(C3)C2.CCC(C)(C)C(=O)O[C@@H]1C(=O)O[C@@H]2[C@H]3OC(c4cc(C)cc(C(F)(F)F)c4)O[C@H]3O[C@@H]21. The Hall–Kier alpha value is -7.32. The Morgan fingerprint density at radius 3 is 1.12 bits per heavy atom. The van der Waals surface area contributed by atoms with E-state index >= 15 is 0 Å². The molecule has 24 rings (SSSR count). The Morgan fingerprint density at radius 1 is 0.401 bits per heavy atom. The third-order valence-corrected chi connectivity index (χ3v) is 33.7. The summed E-state index contributed by atoms with van der Waals surface area (Å²) in [7, 11) is 0. The molecule has 0 radical (unpaired) electrons. The molecule has 2 aromatic rings. The number of ether oxygens (including phenoxy) is 14. The van der Waals surface area contributed by atoms with Crippen LogP contribution in [0.4, 0.5) is 26.3 Å². The molecule has 0 amide bonds. The van der Waals surface area contributed by atoms with Crippen molar-refractivity contribution in [2.75, 3.05) is 0 Å². The number of rotatable bonds is 19. The number of aliphatic hydroxyl groups is 2. The van der Waals surface area contributed by atoms with Crippen LogP contribution in [0, 0.1) is 107 Å². The number of hydrogen-bond donors (Lipinski definition) is 2. The largest absolute Gasteiger partial charge is 0.461 e. The summed E-state index contributed by atoms with van der Waals surface area (Å²) in [6.07, 6.45) is 6.75. The van der Waals surface area contributed by atoms with Gasteiger partial charge in [-0.05, 0) is 338 Å². The number of halogens is 6. The Balaban J connectivity index is 0.000000149. The van der Waals surface area contributed by atoms with Gasteiger partial charge in [0.25, 0.3) is 0 Å². The summed E-state index contributed by atoms with van der Waals surface area (Å²) in [6.45, 7) is 40.4. The van der Waals surface area contributed by atoms with Crippen molar-refractivity contribution in [2.24, 2.45) is 93.2 Å². The molecule has 30 heteroatoms. The van der Waals surface area contributed by atoms with Crippen molar-refractivity contribution in [3.05, 3.63) is 106 Å². The minimum absolute atomic E-state index is 0. The number of carbonyl (C=O) groups excluding carboxylic acids is 8. The van der Waals surface area contributed by atoms with Gasteiger partial charge in [-0.3, -0.25) is 14.4 Å². The Bertz CT molecular complexity index is 4730. The molecule has 0 aromatic heterocycles. The molecule has 766 valence electrons. The maximum Gasteiger partial charge on any atom is 0.416 e. The molecule has 2 aromatic carbocycles. The number of hydrogen-bond acceptors (Lipinski definition) is 24. The van der Waals surface area contributed by atoms with Crippen molar-refractivity contribution < 1.29 is 141 Å². The fourth-order valence-electron chi connectivity index (χ4n) is 26.6. The van der Waals surface area contributed by atoms with Crippen molar-refractivity contribution in [1.82, 2.24) is 0 Å². The van der Waals surface area contributed by atoms with Crippen molar-refractivity contribution in [3.63, 3.8) is 0 Å². The number of carbonyl (C=O) groups is 8. The highest BCUT2D eigenvalue weighted by Gasteiger charge is 2.68. The van der Waals surface area contributed by atoms with Gasteiger partial charge in [0, 0.05) is 34.3 Å². The zero-order valence-corrected chi connectivity index (χ0v) is 80.6. The van der Waals surface area contributed by atoms with E-state index < -0.39 is 144 Å². The molecule has 22 aliphatic rings. The van der Waals surface area contributed by atoms with Gasteiger partial charge in [-0.15, -0.1) is 0 Å². The zero-order chi connectivity index (χ0) is 97.4. The van der Waals surface area contributed by atoms with Crippen LogP contribution in [0.1, 0.15) is 332 Å². The van der Waals surface area contributed by atoms with Crippen LogP contribution >= 0.6 is 0 Å². The molecule has 16 bridgehead atoms. The number of fused-ring (bicyclic) bond motifs is 6. The van der Waals surface area contributed by atoms with Gasteiger partial charge in [-0.1, -0.05) is 99.9 Å². The molecule has 2 N–H and O–H groups in total. The summed E-state index contributed by atoms with van der Waals surface area (Å²) < 4.78 is 158. The van der Waals surface area contributed by atoms with Crippen molar-refractivity contribution in [3.8, 4) is 0 Å². The highest BCUT2D eigenvalue weighted by molar-refractivity contribution is 5.91. The van der Waals surface area contributed by atoms with Gasteiger partial charge in [-0.25, -0.2) is 24.0 Å². The first-order chi connectivity index (χ1) is 62.6. The summed E-state index contributed by atoms with van der Waals surface area (Å²) in [5.74, 6) is 5.35. The quantitative estimate of drug-likeness (QED) is 0.0571. The molecular weight excluding hydrogens is 1780 g/mol. The summed E-state index contributed by atoms with van der Waals surface area (Å²) in [5, 5.41) is 21.0. The Morgan fingerprint density at radius 2 is 0.759 bits per heavy atom. The molecular formula is C107H152F6O24. The van der Waals surface area contributed by atoms with Crippen molar-refractivity contribution in [2.45, 2.75) is 420 Å². The predicted octanol–water partition coefficient (Wildman–Crippen LogP) is 21.3. The molecule has 6 aliphatic heterocycles. The molecule has 16 atom stereocenters. The third-order valence-electron chi connectivity index (χ3n) is 33.7. The zero-order valence-electron chi connectivity index (χ0n) is 80.6. The van der Waals surface area contributed by atoms with E-state index in [0.29, 0.717) is 88.4 Å². The standard InChI is InChI=1S/C21H23F3O7.C19H17F3O7.C18H30O2.C16H26O3.C16H24O2.C14H20O3.3CH4/c1-5-20(3,4)19(26)30-14-12-13(27-16(14)25)15-18(28-12)31-17(29-15)10-6-9(2)7-11(8-10)21(22,23)24;1-7(2)15(23)26-13-11-12(25-16(13)24)14-18(27-11)29-17(28-14)9-4-8(3)5-10(6-9)19(20,21)22;1-5-17(3,4)16(19)20-18(6-2)14-8-12-7-13(10-14)11-15(18)9-12;1-4-15(2,3)14(17)19-13-11-5-10-6-12(13)9-16(18,7-10)8-11;1-4-16(18-15(17)10(2)3)13-6-11-5-12(8-13)9-14(16)7-11;1-9(2)12(15)17-14-6-10-3-11(7-14)5-13(16,4-10)8-14;;;/h6-8,12-15,17-18H,5H2,1-4H3;4-6,11-14,17-18H,1H2,2-3H3;12-15H,5-11H2,1-4H3;10-13,18H,4-9H2,1-3H3;11-14H,2,4-9H2,1,3H3;10-11,16H,1,3-8H2,2H3;3*1H4/t12-,13-,14-,15+,17?,18+;11-,12-,13-,14+,17?,18+;;;;;;;/m00......./s1. The predicted molar refractivity (Wildman–Crippen MR) is 493 cm³/mol. The van der Waals surface area contributed by atoms with Crippen LogP contribution in [-0.2, 0) is 117 Å². The lowest BCUT2D eigenvalue weighted by Crippen LogP contribution is -2.60. The van der Waals surface area contributed by atoms with Crippen LogP contribution < -0.4 is 0 Å². The second-order valence-corrected chi connectivity index (χ2v) is 45.2. The van der Waals surface area contributed by atoms with Crippen LogP contribution in [0.25, 0.3) is 0 Å². The van der Waals surface area contributed by atoms with E-state index in [1.54, 1.807) is 27.7 Å². The van der Waals surface area contributed by atoms with Gasteiger partial charge in [0.1, 0.15) is 35.1 Å². The fourth-order valence-corrected chi connectivity index (χ4v) is 26.6. The average Bonchev–Trinajstić information content (AvgIpc) is 0.810. The van der Waals surface area contributed by atoms with Gasteiger partial charge < -0.3 is 76.5 Å². The molecule has 22 fully saturated rings. The highest BCUT2D eigenvalue weighted by Crippen LogP contribution is 2.65. The third kappa shape index (κ3) is 22.1. The van der Waals surface area contributed by atoms with Crippen LogP contribution in [0.15, 0.2) is 72.9 Å². The van der Waals surface area contributed by atoms with Crippen LogP contribution in [-0.4, -0.2) is 153 Å². The summed E-state index contributed by atoms with van der Waals surface area (Å²) in [6, 6.07) is 6.97. The topological polar surface area (TPSA) is 306 Å². The van der Waals surface area contributed by atoms with Gasteiger partial charge in [0.05, 0.1) is 38.6 Å². The number of alkyl halides is 6. The highest BCUT2D eigenvalue weighted by atomic mass is 19.4. The second kappa shape index (κ2) is 40.5. The maximum absolute atomic E-state index is 13.1. The van der Waals surface area contributed by atoms with E-state index in [9.17, 15) is 74.9 Å². The lowest BCUT2D eigenvalue weighted by Gasteiger charge is -2.60. The molecule has 0 spiro atoms. The van der Waals surface area contributed by atoms with E-state index in [0.717, 1.165) is 131 Å². The fraction of sp³-hybridized carbons (Fsp3) is 0.757. The molecule has 6 saturated heterocycles. The minimum atomic E-state index is -4.52. The molecule has 6 heterocycles. The van der Waals surface area contributed by atoms with Crippen molar-refractivity contribution in [1.29, 1.82) is 0 Å². The molecule has 24 nitrogen and oxygen atoms in total. The first-order valence-electron chi connectivity index (χ1n) is 49.1. The van der Waals surface area contributed by atoms with E-state index in [4.69, 9.17) is 66.3 Å². The summed E-state index contributed by atoms with van der Waals surface area (Å²) in [5.41, 5.74) is -2.62. The number of aryl methyl sites for hydroxylation is 2. The average molecular weight is 1940 g/mol. The summed E-state index contributed by atoms with van der Waals surface area (Å²) in [4.78, 5) is 97.0. The summed E-state index contributed by atoms with van der Waals surface area (Å²) >= 11 is 0. The number of benzene rings is 2. The van der Waals surface area contributed by atoms with Crippen LogP contribution in [0.5, 0.6) is 0 Å². The van der Waals surface area contributed by atoms with Crippen molar-refractivity contribution >= 4 is 47.8 Å².